The zero-order valence-corrected chi connectivity index (χ0v) is 11.4. The first kappa shape index (κ1) is 11.7. The van der Waals surface area contributed by atoms with Crippen LogP contribution in [0.1, 0.15) is 5.82 Å². The first-order valence-corrected chi connectivity index (χ1v) is 6.54. The lowest BCUT2D eigenvalue weighted by molar-refractivity contribution is 1.01. The van der Waals surface area contributed by atoms with Crippen LogP contribution < -0.4 is 11.3 Å². The average molecular weight is 319 g/mol. The second-order valence-electron chi connectivity index (χ2n) is 2.70. The highest BCUT2D eigenvalue weighted by molar-refractivity contribution is 9.10. The van der Waals surface area contributed by atoms with Gasteiger partial charge in [0.1, 0.15) is 10.9 Å². The van der Waals surface area contributed by atoms with Gasteiger partial charge in [0.15, 0.2) is 4.34 Å². The maximum absolute atomic E-state index is 5.24. The summed E-state index contributed by atoms with van der Waals surface area (Å²) in [5.41, 5.74) is 2.40. The molecule has 0 saturated heterocycles. The van der Waals surface area contributed by atoms with E-state index in [1.165, 1.54) is 23.3 Å². The molecule has 0 spiro atoms. The number of anilines is 1. The van der Waals surface area contributed by atoms with Crippen molar-refractivity contribution in [1.29, 1.82) is 0 Å². The van der Waals surface area contributed by atoms with Crippen LogP contribution in [0.2, 0.25) is 0 Å². The highest BCUT2D eigenvalue weighted by atomic mass is 79.9. The fourth-order valence-corrected chi connectivity index (χ4v) is 2.88. The van der Waals surface area contributed by atoms with Crippen molar-refractivity contribution in [2.45, 2.75) is 16.3 Å². The molecule has 2 rings (SSSR count). The third-order valence-corrected chi connectivity index (χ3v) is 4.22. The van der Waals surface area contributed by atoms with Crippen LogP contribution in [0.25, 0.3) is 0 Å². The third kappa shape index (κ3) is 2.67. The lowest BCUT2D eigenvalue weighted by Crippen LogP contribution is -2.10. The Morgan fingerprint density at radius 2 is 2.31 bits per heavy atom. The van der Waals surface area contributed by atoms with Crippen LogP contribution >= 0.6 is 39.2 Å². The summed E-state index contributed by atoms with van der Waals surface area (Å²) in [7, 11) is 0. The van der Waals surface area contributed by atoms with E-state index in [0.717, 1.165) is 19.7 Å². The van der Waals surface area contributed by atoms with E-state index in [2.05, 4.69) is 40.7 Å². The van der Waals surface area contributed by atoms with Gasteiger partial charge in [0.2, 0.25) is 5.95 Å². The van der Waals surface area contributed by atoms with Crippen molar-refractivity contribution in [3.63, 3.8) is 0 Å². The highest BCUT2D eigenvalue weighted by Gasteiger charge is 2.09. The number of hydrazine groups is 1. The molecule has 0 unspecified atom stereocenters. The van der Waals surface area contributed by atoms with Crippen molar-refractivity contribution in [3.05, 3.63) is 16.5 Å². The number of hydrogen-bond donors (Lipinski definition) is 2. The number of hydrogen-bond acceptors (Lipinski definition) is 8. The summed E-state index contributed by atoms with van der Waals surface area (Å²) >= 11 is 6.12. The molecule has 16 heavy (non-hydrogen) atoms. The maximum Gasteiger partial charge on any atom is 0.238 e. The van der Waals surface area contributed by atoms with Gasteiger partial charge >= 0.3 is 0 Å². The first-order valence-electron chi connectivity index (χ1n) is 4.16. The van der Waals surface area contributed by atoms with Crippen LogP contribution in [0.3, 0.4) is 0 Å². The van der Waals surface area contributed by atoms with Gasteiger partial charge in [0.25, 0.3) is 0 Å². The van der Waals surface area contributed by atoms with E-state index in [9.17, 15) is 0 Å². The number of aryl methyl sites for hydroxylation is 1. The number of nitrogens with one attached hydrogen (secondary N) is 1. The van der Waals surface area contributed by atoms with Crippen LogP contribution in [0.5, 0.6) is 0 Å². The van der Waals surface area contributed by atoms with E-state index < -0.39 is 0 Å². The van der Waals surface area contributed by atoms with Crippen LogP contribution in [-0.4, -0.2) is 19.3 Å². The largest absolute Gasteiger partial charge is 0.292 e. The standard InChI is InChI=1S/C7H7BrN6S2/c1-3-11-7(16-14-3)15-5-4(8)2-10-6(12-5)13-9/h2H,9H2,1H3,(H,10,12,13). The Morgan fingerprint density at radius 3 is 2.94 bits per heavy atom. The molecule has 0 radical (unpaired) electrons. The predicted octanol–water partition coefficient (Wildman–Crippen LogP) is 1.84. The van der Waals surface area contributed by atoms with E-state index in [1.54, 1.807) is 6.20 Å². The molecule has 0 atom stereocenters. The summed E-state index contributed by atoms with van der Waals surface area (Å²) in [6.07, 6.45) is 1.64. The van der Waals surface area contributed by atoms with Gasteiger partial charge in [0, 0.05) is 6.20 Å². The van der Waals surface area contributed by atoms with E-state index >= 15 is 0 Å². The number of nitrogens with two attached hydrogens (primary N) is 1. The van der Waals surface area contributed by atoms with Crippen molar-refractivity contribution in [2.75, 3.05) is 5.43 Å². The third-order valence-electron chi connectivity index (χ3n) is 1.53. The summed E-state index contributed by atoms with van der Waals surface area (Å²) in [4.78, 5) is 12.4. The lowest BCUT2D eigenvalue weighted by atomic mass is 10.7. The topological polar surface area (TPSA) is 89.6 Å². The zero-order chi connectivity index (χ0) is 11.5. The Balaban J connectivity index is 2.26. The van der Waals surface area contributed by atoms with Crippen molar-refractivity contribution in [1.82, 2.24) is 19.3 Å². The molecule has 0 bridgehead atoms. The normalized spacial score (nSPS) is 10.4. The van der Waals surface area contributed by atoms with Crippen molar-refractivity contribution < 1.29 is 0 Å². The van der Waals surface area contributed by atoms with E-state index in [4.69, 9.17) is 5.84 Å². The molecular weight excluding hydrogens is 312 g/mol. The van der Waals surface area contributed by atoms with Gasteiger partial charge in [-0.1, -0.05) is 0 Å². The molecule has 0 aliphatic carbocycles. The van der Waals surface area contributed by atoms with Crippen LogP contribution in [-0.2, 0) is 0 Å². The van der Waals surface area contributed by atoms with Crippen LogP contribution in [0, 0.1) is 6.92 Å². The van der Waals surface area contributed by atoms with Gasteiger partial charge in [-0.25, -0.2) is 20.8 Å². The Kier molecular flexibility index (Phi) is 3.69. The maximum atomic E-state index is 5.24. The van der Waals surface area contributed by atoms with Gasteiger partial charge in [-0.05, 0) is 46.1 Å². The molecule has 2 aromatic heterocycles. The van der Waals surface area contributed by atoms with E-state index in [0.29, 0.717) is 5.95 Å². The van der Waals surface area contributed by atoms with Crippen LogP contribution in [0.15, 0.2) is 20.0 Å². The fourth-order valence-electron chi connectivity index (χ4n) is 0.895. The fraction of sp³-hybridized carbons (Fsp3) is 0.143. The van der Waals surface area contributed by atoms with Gasteiger partial charge in [-0.15, -0.1) is 0 Å². The van der Waals surface area contributed by atoms with Crippen LogP contribution in [0.4, 0.5) is 5.95 Å². The molecule has 0 aromatic carbocycles. The number of aromatic nitrogens is 4. The van der Waals surface area contributed by atoms with Crippen molar-refractivity contribution >= 4 is 45.2 Å². The van der Waals surface area contributed by atoms with Gasteiger partial charge in [-0.2, -0.15) is 4.37 Å². The smallest absolute Gasteiger partial charge is 0.238 e. The summed E-state index contributed by atoms with van der Waals surface area (Å²) in [5.74, 6) is 6.37. The molecule has 0 aliphatic heterocycles. The van der Waals surface area contributed by atoms with Crippen molar-refractivity contribution in [2.24, 2.45) is 5.84 Å². The molecule has 0 amide bonds. The summed E-state index contributed by atoms with van der Waals surface area (Å²) in [6, 6.07) is 0. The molecule has 84 valence electrons. The predicted molar refractivity (Wildman–Crippen MR) is 66.3 cm³/mol. The van der Waals surface area contributed by atoms with E-state index in [1.807, 2.05) is 6.92 Å². The summed E-state index contributed by atoms with van der Waals surface area (Å²) in [5, 5.41) is 0.749. The molecule has 6 nitrogen and oxygen atoms in total. The number of rotatable bonds is 3. The molecule has 0 fully saturated rings. The minimum absolute atomic E-state index is 0.368. The Labute approximate surface area is 108 Å². The Hall–Kier alpha value is -0.770. The van der Waals surface area contributed by atoms with E-state index in [-0.39, 0.29) is 0 Å². The molecule has 3 N–H and O–H groups in total. The minimum Gasteiger partial charge on any atom is -0.292 e. The number of nitrogen functional groups attached to an aromatic ring is 1. The molecular formula is C7H7BrN6S2. The monoisotopic (exact) mass is 318 g/mol. The van der Waals surface area contributed by atoms with Gasteiger partial charge in [0.05, 0.1) is 4.47 Å². The summed E-state index contributed by atoms with van der Waals surface area (Å²) in [6.45, 7) is 1.85. The minimum atomic E-state index is 0.368. The second kappa shape index (κ2) is 5.04. The molecule has 2 heterocycles. The zero-order valence-electron chi connectivity index (χ0n) is 8.14. The Morgan fingerprint density at radius 1 is 1.50 bits per heavy atom. The van der Waals surface area contributed by atoms with Crippen molar-refractivity contribution in [3.8, 4) is 0 Å². The highest BCUT2D eigenvalue weighted by Crippen LogP contribution is 2.32. The molecule has 0 aliphatic rings. The average Bonchev–Trinajstić information content (AvgIpc) is 2.67. The number of halogens is 1. The first-order chi connectivity index (χ1) is 7.69. The summed E-state index contributed by atoms with van der Waals surface area (Å²) < 4.78 is 5.72. The molecule has 0 saturated carbocycles. The SMILES string of the molecule is Cc1nsc(Sc2nc(NN)ncc2Br)n1. The van der Waals surface area contributed by atoms with Gasteiger partial charge in [-0.3, -0.25) is 5.43 Å². The Bertz CT molecular complexity index is 501. The molecule has 2 aromatic rings. The molecule has 9 heteroatoms. The lowest BCUT2D eigenvalue weighted by Gasteiger charge is -2.02. The second-order valence-corrected chi connectivity index (χ2v) is 5.54. The van der Waals surface area contributed by atoms with Gasteiger partial charge < -0.3 is 0 Å². The quantitative estimate of drug-likeness (QED) is 0.507. The number of nitrogens with zero attached hydrogens (tertiary/aromatic N) is 4.